The van der Waals surface area contributed by atoms with E-state index in [1.165, 1.54) is 11.3 Å². The molecule has 0 saturated carbocycles. The Labute approximate surface area is 120 Å². The lowest BCUT2D eigenvalue weighted by Gasteiger charge is -2.25. The molecule has 0 bridgehead atoms. The summed E-state index contributed by atoms with van der Waals surface area (Å²) in [5.74, 6) is 1.74. The second kappa shape index (κ2) is 6.48. The van der Waals surface area contributed by atoms with Gasteiger partial charge in [0.1, 0.15) is 11.6 Å². The molecule has 1 aromatic heterocycles. The first-order valence-electron chi connectivity index (χ1n) is 6.97. The van der Waals surface area contributed by atoms with Crippen molar-refractivity contribution in [3.63, 3.8) is 0 Å². The summed E-state index contributed by atoms with van der Waals surface area (Å²) in [7, 11) is 0. The van der Waals surface area contributed by atoms with Crippen LogP contribution in [0.4, 0.5) is 11.5 Å². The topological polar surface area (TPSA) is 55.0 Å². The molecule has 0 unspecified atom stereocenters. The largest absolute Gasteiger partial charge is 0.330 e. The highest BCUT2D eigenvalue weighted by molar-refractivity contribution is 5.63. The molecule has 0 saturated heterocycles. The molecule has 4 nitrogen and oxygen atoms in total. The number of anilines is 2. The maximum Gasteiger partial charge on any atom is 0.136 e. The second-order valence-corrected chi connectivity index (χ2v) is 5.00. The third kappa shape index (κ3) is 3.33. The fourth-order valence-corrected chi connectivity index (χ4v) is 2.31. The summed E-state index contributed by atoms with van der Waals surface area (Å²) in [6.45, 7) is 7.57. The highest BCUT2D eigenvalue weighted by atomic mass is 15.2. The summed E-state index contributed by atoms with van der Waals surface area (Å²) in [5, 5.41) is 0. The predicted octanol–water partition coefficient (Wildman–Crippen LogP) is 2.89. The van der Waals surface area contributed by atoms with Gasteiger partial charge in [-0.15, -0.1) is 0 Å². The molecule has 0 amide bonds. The SMILES string of the molecule is Cc1cc(N(CCCN)c2ccccc2C)nc(C)n1. The van der Waals surface area contributed by atoms with E-state index in [0.717, 1.165) is 30.3 Å². The fourth-order valence-electron chi connectivity index (χ4n) is 2.31. The van der Waals surface area contributed by atoms with Crippen LogP contribution in [0.1, 0.15) is 23.5 Å². The van der Waals surface area contributed by atoms with Crippen LogP contribution in [0, 0.1) is 20.8 Å². The molecule has 0 spiro atoms. The van der Waals surface area contributed by atoms with Gasteiger partial charge in [-0.1, -0.05) is 18.2 Å². The van der Waals surface area contributed by atoms with Crippen LogP contribution in [-0.2, 0) is 0 Å². The summed E-state index contributed by atoms with van der Waals surface area (Å²) < 4.78 is 0. The Morgan fingerprint density at radius 1 is 1.10 bits per heavy atom. The van der Waals surface area contributed by atoms with Gasteiger partial charge in [-0.3, -0.25) is 0 Å². The zero-order chi connectivity index (χ0) is 14.5. The molecule has 0 aliphatic rings. The number of nitrogens with two attached hydrogens (primary N) is 1. The molecule has 2 aromatic rings. The molecular formula is C16H22N4. The molecule has 0 aliphatic heterocycles. The molecule has 2 rings (SSSR count). The summed E-state index contributed by atoms with van der Waals surface area (Å²) >= 11 is 0. The van der Waals surface area contributed by atoms with Crippen LogP contribution in [0.2, 0.25) is 0 Å². The maximum atomic E-state index is 5.67. The van der Waals surface area contributed by atoms with Crippen molar-refractivity contribution in [3.8, 4) is 0 Å². The molecule has 1 aromatic carbocycles. The van der Waals surface area contributed by atoms with Crippen LogP contribution in [0.3, 0.4) is 0 Å². The Morgan fingerprint density at radius 2 is 1.85 bits per heavy atom. The van der Waals surface area contributed by atoms with E-state index < -0.39 is 0 Å². The van der Waals surface area contributed by atoms with E-state index in [-0.39, 0.29) is 0 Å². The average Bonchev–Trinajstić information content (AvgIpc) is 2.40. The van der Waals surface area contributed by atoms with Crippen molar-refractivity contribution < 1.29 is 0 Å². The van der Waals surface area contributed by atoms with E-state index in [2.05, 4.69) is 46.1 Å². The second-order valence-electron chi connectivity index (χ2n) is 5.00. The number of hydrogen-bond acceptors (Lipinski definition) is 4. The van der Waals surface area contributed by atoms with Crippen molar-refractivity contribution in [1.29, 1.82) is 0 Å². The fraction of sp³-hybridized carbons (Fsp3) is 0.375. The Bertz CT molecular complexity index is 560. The molecule has 0 atom stereocenters. The van der Waals surface area contributed by atoms with Gasteiger partial charge in [-0.05, 0) is 45.4 Å². The molecule has 106 valence electrons. The van der Waals surface area contributed by atoms with Crippen LogP contribution in [-0.4, -0.2) is 23.1 Å². The Morgan fingerprint density at radius 3 is 2.50 bits per heavy atom. The van der Waals surface area contributed by atoms with Gasteiger partial charge in [0.05, 0.1) is 0 Å². The first-order valence-corrected chi connectivity index (χ1v) is 6.97. The third-order valence-corrected chi connectivity index (χ3v) is 3.22. The Hall–Kier alpha value is -1.94. The van der Waals surface area contributed by atoms with Crippen molar-refractivity contribution >= 4 is 11.5 Å². The molecule has 20 heavy (non-hydrogen) atoms. The number of benzene rings is 1. The highest BCUT2D eigenvalue weighted by Gasteiger charge is 2.13. The van der Waals surface area contributed by atoms with Gasteiger partial charge in [0.15, 0.2) is 0 Å². The molecule has 2 N–H and O–H groups in total. The number of aryl methyl sites for hydroxylation is 3. The Balaban J connectivity index is 2.44. The van der Waals surface area contributed by atoms with Gasteiger partial charge >= 0.3 is 0 Å². The van der Waals surface area contributed by atoms with Gasteiger partial charge in [-0.2, -0.15) is 0 Å². The minimum atomic E-state index is 0.672. The van der Waals surface area contributed by atoms with Crippen LogP contribution in [0.15, 0.2) is 30.3 Å². The van der Waals surface area contributed by atoms with Crippen LogP contribution < -0.4 is 10.6 Å². The van der Waals surface area contributed by atoms with Crippen LogP contribution in [0.25, 0.3) is 0 Å². The first kappa shape index (κ1) is 14.5. The standard InChI is InChI=1S/C16H22N4/c1-12-7-4-5-8-15(12)20(10-6-9-17)16-11-13(2)18-14(3)19-16/h4-5,7-8,11H,6,9-10,17H2,1-3H3. The van der Waals surface area contributed by atoms with Crippen LogP contribution in [0.5, 0.6) is 0 Å². The first-order chi connectivity index (χ1) is 9.61. The number of nitrogens with zero attached hydrogens (tertiary/aromatic N) is 3. The van der Waals surface area contributed by atoms with E-state index in [1.54, 1.807) is 0 Å². The predicted molar refractivity (Wildman–Crippen MR) is 83.4 cm³/mol. The third-order valence-electron chi connectivity index (χ3n) is 3.22. The van der Waals surface area contributed by atoms with Gasteiger partial charge in [0.25, 0.3) is 0 Å². The average molecular weight is 270 g/mol. The van der Waals surface area contributed by atoms with Gasteiger partial charge < -0.3 is 10.6 Å². The van der Waals surface area contributed by atoms with E-state index in [4.69, 9.17) is 5.73 Å². The summed E-state index contributed by atoms with van der Waals surface area (Å²) in [5.41, 5.74) is 9.07. The summed E-state index contributed by atoms with van der Waals surface area (Å²) in [6.07, 6.45) is 0.927. The minimum absolute atomic E-state index is 0.672. The molecule has 0 radical (unpaired) electrons. The molecular weight excluding hydrogens is 248 g/mol. The van der Waals surface area contributed by atoms with Crippen molar-refractivity contribution in [2.45, 2.75) is 27.2 Å². The monoisotopic (exact) mass is 270 g/mol. The lowest BCUT2D eigenvalue weighted by atomic mass is 10.1. The number of para-hydroxylation sites is 1. The van der Waals surface area contributed by atoms with Crippen molar-refractivity contribution in [2.75, 3.05) is 18.0 Å². The zero-order valence-electron chi connectivity index (χ0n) is 12.4. The van der Waals surface area contributed by atoms with Gasteiger partial charge in [-0.25, -0.2) is 9.97 Å². The number of aromatic nitrogens is 2. The van der Waals surface area contributed by atoms with Crippen molar-refractivity contribution in [2.24, 2.45) is 5.73 Å². The number of rotatable bonds is 5. The quantitative estimate of drug-likeness (QED) is 0.907. The molecule has 1 heterocycles. The summed E-state index contributed by atoms with van der Waals surface area (Å²) in [4.78, 5) is 11.2. The lowest BCUT2D eigenvalue weighted by Crippen LogP contribution is -2.23. The molecule has 0 aliphatic carbocycles. The van der Waals surface area contributed by atoms with Gasteiger partial charge in [0.2, 0.25) is 0 Å². The smallest absolute Gasteiger partial charge is 0.136 e. The zero-order valence-corrected chi connectivity index (χ0v) is 12.4. The minimum Gasteiger partial charge on any atom is -0.330 e. The maximum absolute atomic E-state index is 5.67. The summed E-state index contributed by atoms with van der Waals surface area (Å²) in [6, 6.07) is 10.4. The number of hydrogen-bond donors (Lipinski definition) is 1. The van der Waals surface area contributed by atoms with Crippen LogP contribution >= 0.6 is 0 Å². The van der Waals surface area contributed by atoms with Gasteiger partial charge in [0, 0.05) is 24.0 Å². The van der Waals surface area contributed by atoms with Crippen molar-refractivity contribution in [1.82, 2.24) is 9.97 Å². The van der Waals surface area contributed by atoms with Crippen molar-refractivity contribution in [3.05, 3.63) is 47.4 Å². The van der Waals surface area contributed by atoms with E-state index in [9.17, 15) is 0 Å². The molecule has 4 heteroatoms. The molecule has 0 fully saturated rings. The van der Waals surface area contributed by atoms with E-state index in [0.29, 0.717) is 6.54 Å². The highest BCUT2D eigenvalue weighted by Crippen LogP contribution is 2.27. The normalized spacial score (nSPS) is 10.6. The Kier molecular flexibility index (Phi) is 4.69. The lowest BCUT2D eigenvalue weighted by molar-refractivity contribution is 0.802. The van der Waals surface area contributed by atoms with E-state index >= 15 is 0 Å². The van der Waals surface area contributed by atoms with E-state index in [1.807, 2.05) is 19.9 Å².